The Morgan fingerprint density at radius 1 is 1.50 bits per heavy atom. The second kappa shape index (κ2) is 4.64. The molecular formula is C11H21F. The predicted molar refractivity (Wildman–Crippen MR) is 53.0 cm³/mol. The van der Waals surface area contributed by atoms with E-state index in [0.717, 1.165) is 12.0 Å². The Hall–Kier alpha value is -0.330. The molecule has 0 aromatic carbocycles. The van der Waals surface area contributed by atoms with E-state index in [2.05, 4.69) is 6.92 Å². The molecule has 12 heavy (non-hydrogen) atoms. The van der Waals surface area contributed by atoms with E-state index in [1.807, 2.05) is 20.8 Å². The van der Waals surface area contributed by atoms with Crippen LogP contribution in [0.2, 0.25) is 0 Å². The minimum atomic E-state index is -1.12. The van der Waals surface area contributed by atoms with Gasteiger partial charge in [0.05, 0.1) is 0 Å². The summed E-state index contributed by atoms with van der Waals surface area (Å²) < 4.78 is 13.7. The molecule has 0 rings (SSSR count). The Kier molecular flexibility index (Phi) is 4.51. The molecule has 0 aromatic heterocycles. The summed E-state index contributed by atoms with van der Waals surface area (Å²) in [7, 11) is 0. The lowest BCUT2D eigenvalue weighted by Gasteiger charge is -2.19. The number of allylic oxidation sites excluding steroid dienone is 2. The highest BCUT2D eigenvalue weighted by Crippen LogP contribution is 2.24. The molecule has 0 spiro atoms. The quantitative estimate of drug-likeness (QED) is 0.560. The summed E-state index contributed by atoms with van der Waals surface area (Å²) in [4.78, 5) is 0. The first kappa shape index (κ1) is 11.7. The summed E-state index contributed by atoms with van der Waals surface area (Å²) >= 11 is 0. The topological polar surface area (TPSA) is 0 Å². The highest BCUT2D eigenvalue weighted by atomic mass is 19.1. The van der Waals surface area contributed by atoms with Crippen molar-refractivity contribution in [1.82, 2.24) is 0 Å². The summed E-state index contributed by atoms with van der Waals surface area (Å²) in [5.74, 6) is 0.418. The van der Waals surface area contributed by atoms with E-state index < -0.39 is 5.67 Å². The molecule has 0 aromatic rings. The molecule has 0 radical (unpaired) electrons. The zero-order chi connectivity index (χ0) is 9.78. The smallest absolute Gasteiger partial charge is 0.126 e. The maximum atomic E-state index is 13.7. The van der Waals surface area contributed by atoms with Crippen LogP contribution < -0.4 is 0 Å². The molecule has 0 heterocycles. The van der Waals surface area contributed by atoms with Crippen molar-refractivity contribution in [3.8, 4) is 0 Å². The molecule has 0 aliphatic carbocycles. The Balaban J connectivity index is 4.20. The SMILES string of the molecule is CC/C(C)=C\C(C)(F)CC(C)C. The maximum absolute atomic E-state index is 13.7. The fourth-order valence-electron chi connectivity index (χ4n) is 1.47. The summed E-state index contributed by atoms with van der Waals surface area (Å²) in [5.41, 5.74) is 0.0227. The minimum absolute atomic E-state index is 0.418. The third-order valence-electron chi connectivity index (χ3n) is 1.91. The molecule has 0 nitrogen and oxygen atoms in total. The van der Waals surface area contributed by atoms with Gasteiger partial charge in [0.2, 0.25) is 0 Å². The highest BCUT2D eigenvalue weighted by Gasteiger charge is 2.21. The maximum Gasteiger partial charge on any atom is 0.126 e. The van der Waals surface area contributed by atoms with E-state index in [9.17, 15) is 4.39 Å². The van der Waals surface area contributed by atoms with Crippen LogP contribution in [0, 0.1) is 5.92 Å². The molecule has 1 heteroatoms. The normalized spacial score (nSPS) is 18.1. The van der Waals surface area contributed by atoms with Crippen LogP contribution in [-0.2, 0) is 0 Å². The van der Waals surface area contributed by atoms with Crippen LogP contribution >= 0.6 is 0 Å². The molecule has 0 fully saturated rings. The number of rotatable bonds is 4. The van der Waals surface area contributed by atoms with Gasteiger partial charge >= 0.3 is 0 Å². The summed E-state index contributed by atoms with van der Waals surface area (Å²) in [6.45, 7) is 9.79. The van der Waals surface area contributed by atoms with Crippen molar-refractivity contribution in [3.05, 3.63) is 11.6 Å². The summed E-state index contributed by atoms with van der Waals surface area (Å²) in [6.07, 6.45) is 3.31. The van der Waals surface area contributed by atoms with Crippen molar-refractivity contribution in [2.24, 2.45) is 5.92 Å². The number of halogens is 1. The van der Waals surface area contributed by atoms with Gasteiger partial charge in [-0.1, -0.05) is 26.3 Å². The van der Waals surface area contributed by atoms with Gasteiger partial charge in [0, 0.05) is 0 Å². The first-order chi connectivity index (χ1) is 5.37. The number of alkyl halides is 1. The van der Waals surface area contributed by atoms with Gasteiger partial charge < -0.3 is 0 Å². The van der Waals surface area contributed by atoms with Crippen LogP contribution in [0.25, 0.3) is 0 Å². The van der Waals surface area contributed by atoms with Crippen molar-refractivity contribution < 1.29 is 4.39 Å². The third-order valence-corrected chi connectivity index (χ3v) is 1.91. The first-order valence-electron chi connectivity index (χ1n) is 4.74. The van der Waals surface area contributed by atoms with Crippen LogP contribution in [0.1, 0.15) is 47.5 Å². The zero-order valence-corrected chi connectivity index (χ0v) is 8.95. The summed E-state index contributed by atoms with van der Waals surface area (Å²) in [5, 5.41) is 0. The average Bonchev–Trinajstić information content (AvgIpc) is 1.83. The number of hydrogen-bond donors (Lipinski definition) is 0. The van der Waals surface area contributed by atoms with Crippen molar-refractivity contribution in [3.63, 3.8) is 0 Å². The van der Waals surface area contributed by atoms with Crippen LogP contribution in [0.4, 0.5) is 4.39 Å². The van der Waals surface area contributed by atoms with Gasteiger partial charge in [-0.05, 0) is 38.7 Å². The zero-order valence-electron chi connectivity index (χ0n) is 8.95. The average molecular weight is 172 g/mol. The monoisotopic (exact) mass is 172 g/mol. The number of hydrogen-bond acceptors (Lipinski definition) is 0. The van der Waals surface area contributed by atoms with Crippen LogP contribution in [0.15, 0.2) is 11.6 Å². The molecule has 1 atom stereocenters. The second-order valence-corrected chi connectivity index (χ2v) is 4.22. The van der Waals surface area contributed by atoms with Gasteiger partial charge in [0.15, 0.2) is 0 Å². The van der Waals surface area contributed by atoms with E-state index in [0.29, 0.717) is 12.3 Å². The fourth-order valence-corrected chi connectivity index (χ4v) is 1.47. The first-order valence-corrected chi connectivity index (χ1v) is 4.74. The molecule has 0 aliphatic heterocycles. The van der Waals surface area contributed by atoms with E-state index >= 15 is 0 Å². The lowest BCUT2D eigenvalue weighted by Crippen LogP contribution is -2.17. The van der Waals surface area contributed by atoms with Crippen molar-refractivity contribution in [2.45, 2.75) is 53.1 Å². The van der Waals surface area contributed by atoms with Crippen molar-refractivity contribution in [2.75, 3.05) is 0 Å². The van der Waals surface area contributed by atoms with Crippen LogP contribution in [0.5, 0.6) is 0 Å². The molecule has 1 unspecified atom stereocenters. The lowest BCUT2D eigenvalue weighted by molar-refractivity contribution is 0.213. The van der Waals surface area contributed by atoms with Crippen LogP contribution in [-0.4, -0.2) is 5.67 Å². The van der Waals surface area contributed by atoms with Crippen molar-refractivity contribution in [1.29, 1.82) is 0 Å². The van der Waals surface area contributed by atoms with Crippen LogP contribution in [0.3, 0.4) is 0 Å². The second-order valence-electron chi connectivity index (χ2n) is 4.22. The fraction of sp³-hybridized carbons (Fsp3) is 0.818. The summed E-state index contributed by atoms with van der Waals surface area (Å²) in [6, 6.07) is 0. The molecule has 0 N–H and O–H groups in total. The van der Waals surface area contributed by atoms with Gasteiger partial charge in [-0.15, -0.1) is 0 Å². The lowest BCUT2D eigenvalue weighted by atomic mass is 9.93. The van der Waals surface area contributed by atoms with Gasteiger partial charge in [0.1, 0.15) is 5.67 Å². The largest absolute Gasteiger partial charge is 0.240 e. The Morgan fingerprint density at radius 3 is 2.33 bits per heavy atom. The Morgan fingerprint density at radius 2 is 2.00 bits per heavy atom. The Labute approximate surface area is 75.9 Å². The van der Waals surface area contributed by atoms with Gasteiger partial charge in [-0.25, -0.2) is 4.39 Å². The van der Waals surface area contributed by atoms with E-state index in [1.165, 1.54) is 0 Å². The standard InChI is InChI=1S/C11H21F/c1-6-10(4)8-11(5,12)7-9(2)3/h8-9H,6-7H2,1-5H3/b10-8-. The molecule has 72 valence electrons. The predicted octanol–water partition coefficient (Wildman–Crippen LogP) is 4.12. The van der Waals surface area contributed by atoms with Gasteiger partial charge in [-0.3, -0.25) is 0 Å². The molecular weight excluding hydrogens is 151 g/mol. The van der Waals surface area contributed by atoms with Gasteiger partial charge in [-0.2, -0.15) is 0 Å². The molecule has 0 amide bonds. The highest BCUT2D eigenvalue weighted by molar-refractivity contribution is 5.07. The Bertz CT molecular complexity index is 154. The molecule has 0 aliphatic rings. The third kappa shape index (κ3) is 5.34. The molecule has 0 bridgehead atoms. The van der Waals surface area contributed by atoms with Gasteiger partial charge in [0.25, 0.3) is 0 Å². The van der Waals surface area contributed by atoms with E-state index in [4.69, 9.17) is 0 Å². The van der Waals surface area contributed by atoms with E-state index in [-0.39, 0.29) is 0 Å². The van der Waals surface area contributed by atoms with Crippen molar-refractivity contribution >= 4 is 0 Å². The minimum Gasteiger partial charge on any atom is -0.240 e. The molecule has 0 saturated heterocycles. The molecule has 0 saturated carbocycles. The van der Waals surface area contributed by atoms with E-state index in [1.54, 1.807) is 13.0 Å².